The Morgan fingerprint density at radius 2 is 1.91 bits per heavy atom. The zero-order valence-corrected chi connectivity index (χ0v) is 13.9. The second kappa shape index (κ2) is 6.37. The molecule has 0 saturated heterocycles. The van der Waals surface area contributed by atoms with Gasteiger partial charge in [0.15, 0.2) is 0 Å². The van der Waals surface area contributed by atoms with Gasteiger partial charge >= 0.3 is 0 Å². The summed E-state index contributed by atoms with van der Waals surface area (Å²) in [5.74, 6) is 0.379. The van der Waals surface area contributed by atoms with E-state index in [4.69, 9.17) is 0 Å². The number of pyridine rings is 1. The molecule has 1 heterocycles. The molecule has 0 aliphatic rings. The van der Waals surface area contributed by atoms with Crippen LogP contribution >= 0.6 is 0 Å². The number of amides is 1. The monoisotopic (exact) mass is 306 g/mol. The van der Waals surface area contributed by atoms with E-state index in [1.54, 1.807) is 0 Å². The normalized spacial score (nSPS) is 12.5. The van der Waals surface area contributed by atoms with E-state index in [2.05, 4.69) is 48.4 Å². The highest BCUT2D eigenvalue weighted by Crippen LogP contribution is 2.27. The van der Waals surface area contributed by atoms with Crippen molar-refractivity contribution in [3.8, 4) is 0 Å². The van der Waals surface area contributed by atoms with Crippen molar-refractivity contribution in [3.05, 3.63) is 53.9 Å². The van der Waals surface area contributed by atoms with E-state index < -0.39 is 0 Å². The fourth-order valence-corrected chi connectivity index (χ4v) is 2.79. The number of nitrogens with one attached hydrogen (secondary N) is 1. The van der Waals surface area contributed by atoms with Gasteiger partial charge in [-0.05, 0) is 35.1 Å². The standard InChI is InChI=1S/C20H22N2O/c1-4-13(2)12-21-20(23)19-11-18-16(14(3)22-19)10-9-15-7-5-6-8-17(15)18/h5-11,13H,4,12H2,1-3H3,(H,21,23)/t13-/m0/s1. The molecule has 0 spiro atoms. The molecule has 1 amide bonds. The van der Waals surface area contributed by atoms with Crippen molar-refractivity contribution >= 4 is 27.5 Å². The third kappa shape index (κ3) is 3.04. The summed E-state index contributed by atoms with van der Waals surface area (Å²) in [6, 6.07) is 14.3. The van der Waals surface area contributed by atoms with E-state index in [0.29, 0.717) is 18.2 Å². The van der Waals surface area contributed by atoms with E-state index >= 15 is 0 Å². The molecule has 3 aromatic rings. The van der Waals surface area contributed by atoms with Gasteiger partial charge in [0.25, 0.3) is 5.91 Å². The van der Waals surface area contributed by atoms with Crippen molar-refractivity contribution in [2.45, 2.75) is 27.2 Å². The Kier molecular flexibility index (Phi) is 4.28. The van der Waals surface area contributed by atoms with Crippen LogP contribution in [0.5, 0.6) is 0 Å². The molecule has 0 radical (unpaired) electrons. The SMILES string of the molecule is CC[C@H](C)CNC(=O)c1cc2c(ccc3ccccc32)c(C)n1. The average molecular weight is 306 g/mol. The molecule has 0 aliphatic carbocycles. The third-order valence-corrected chi connectivity index (χ3v) is 4.47. The highest BCUT2D eigenvalue weighted by Gasteiger charge is 2.12. The molecule has 0 bridgehead atoms. The lowest BCUT2D eigenvalue weighted by atomic mass is 10.0. The molecule has 1 N–H and O–H groups in total. The predicted molar refractivity (Wildman–Crippen MR) is 95.8 cm³/mol. The van der Waals surface area contributed by atoms with Crippen LogP contribution in [0.4, 0.5) is 0 Å². The van der Waals surface area contributed by atoms with E-state index in [0.717, 1.165) is 28.3 Å². The Labute approximate surface area is 136 Å². The van der Waals surface area contributed by atoms with Crippen LogP contribution in [-0.4, -0.2) is 17.4 Å². The van der Waals surface area contributed by atoms with Gasteiger partial charge in [-0.25, -0.2) is 4.98 Å². The Hall–Kier alpha value is -2.42. The van der Waals surface area contributed by atoms with Crippen LogP contribution in [0.2, 0.25) is 0 Å². The largest absolute Gasteiger partial charge is 0.350 e. The molecule has 3 nitrogen and oxygen atoms in total. The summed E-state index contributed by atoms with van der Waals surface area (Å²) in [7, 11) is 0. The second-order valence-corrected chi connectivity index (χ2v) is 6.20. The lowest BCUT2D eigenvalue weighted by molar-refractivity contribution is 0.0943. The molecule has 3 heteroatoms. The maximum Gasteiger partial charge on any atom is 0.269 e. The zero-order valence-electron chi connectivity index (χ0n) is 13.9. The number of carbonyl (C=O) groups is 1. The van der Waals surface area contributed by atoms with Crippen molar-refractivity contribution in [3.63, 3.8) is 0 Å². The van der Waals surface area contributed by atoms with Gasteiger partial charge in [-0.1, -0.05) is 56.7 Å². The summed E-state index contributed by atoms with van der Waals surface area (Å²) >= 11 is 0. The Bertz CT molecular complexity index is 870. The highest BCUT2D eigenvalue weighted by molar-refractivity contribution is 6.10. The molecular formula is C20H22N2O. The molecule has 23 heavy (non-hydrogen) atoms. The van der Waals surface area contributed by atoms with Crippen molar-refractivity contribution in [1.82, 2.24) is 10.3 Å². The van der Waals surface area contributed by atoms with Gasteiger partial charge in [-0.3, -0.25) is 4.79 Å². The molecule has 0 fully saturated rings. The fourth-order valence-electron chi connectivity index (χ4n) is 2.79. The Balaban J connectivity index is 2.05. The first kappa shape index (κ1) is 15.5. The van der Waals surface area contributed by atoms with Crippen LogP contribution in [0.3, 0.4) is 0 Å². The summed E-state index contributed by atoms with van der Waals surface area (Å²) < 4.78 is 0. The fraction of sp³-hybridized carbons (Fsp3) is 0.300. The number of rotatable bonds is 4. The van der Waals surface area contributed by atoms with Crippen LogP contribution in [0, 0.1) is 12.8 Å². The van der Waals surface area contributed by atoms with Gasteiger partial charge in [0.05, 0.1) is 0 Å². The summed E-state index contributed by atoms with van der Waals surface area (Å²) in [4.78, 5) is 16.9. The molecular weight excluding hydrogens is 284 g/mol. The Morgan fingerprint density at radius 3 is 2.70 bits per heavy atom. The number of benzene rings is 2. The molecule has 0 aliphatic heterocycles. The number of aromatic nitrogens is 1. The van der Waals surface area contributed by atoms with Crippen LogP contribution in [0.15, 0.2) is 42.5 Å². The quantitative estimate of drug-likeness (QED) is 0.722. The molecule has 2 aromatic carbocycles. The van der Waals surface area contributed by atoms with Crippen molar-refractivity contribution < 1.29 is 4.79 Å². The topological polar surface area (TPSA) is 42.0 Å². The van der Waals surface area contributed by atoms with Gasteiger partial charge in [0, 0.05) is 17.6 Å². The lowest BCUT2D eigenvalue weighted by Gasteiger charge is -2.12. The minimum Gasteiger partial charge on any atom is -0.350 e. The summed E-state index contributed by atoms with van der Waals surface area (Å²) in [5, 5.41) is 7.51. The smallest absolute Gasteiger partial charge is 0.269 e. The van der Waals surface area contributed by atoms with Crippen molar-refractivity contribution in [2.75, 3.05) is 6.54 Å². The molecule has 0 saturated carbocycles. The van der Waals surface area contributed by atoms with Gasteiger partial charge in [0.1, 0.15) is 5.69 Å². The first-order valence-corrected chi connectivity index (χ1v) is 8.17. The van der Waals surface area contributed by atoms with E-state index in [9.17, 15) is 4.79 Å². The van der Waals surface area contributed by atoms with Crippen molar-refractivity contribution in [1.29, 1.82) is 0 Å². The van der Waals surface area contributed by atoms with Gasteiger partial charge in [0.2, 0.25) is 0 Å². The molecule has 1 aromatic heterocycles. The third-order valence-electron chi connectivity index (χ3n) is 4.47. The van der Waals surface area contributed by atoms with E-state index in [1.165, 1.54) is 5.39 Å². The average Bonchev–Trinajstić information content (AvgIpc) is 2.58. The van der Waals surface area contributed by atoms with Crippen LogP contribution in [-0.2, 0) is 0 Å². The Morgan fingerprint density at radius 1 is 1.13 bits per heavy atom. The number of aryl methyl sites for hydroxylation is 1. The van der Waals surface area contributed by atoms with Gasteiger partial charge in [-0.15, -0.1) is 0 Å². The minimum atomic E-state index is -0.0942. The second-order valence-electron chi connectivity index (χ2n) is 6.20. The molecule has 118 valence electrons. The summed E-state index contributed by atoms with van der Waals surface area (Å²) in [6.45, 7) is 6.90. The number of carbonyl (C=O) groups excluding carboxylic acids is 1. The molecule has 1 atom stereocenters. The van der Waals surface area contributed by atoms with Crippen LogP contribution < -0.4 is 5.32 Å². The van der Waals surface area contributed by atoms with Crippen LogP contribution in [0.25, 0.3) is 21.5 Å². The number of nitrogens with zero attached hydrogens (tertiary/aromatic N) is 1. The maximum absolute atomic E-state index is 12.4. The number of fused-ring (bicyclic) bond motifs is 3. The van der Waals surface area contributed by atoms with Crippen molar-refractivity contribution in [2.24, 2.45) is 5.92 Å². The number of hydrogen-bond acceptors (Lipinski definition) is 2. The van der Waals surface area contributed by atoms with E-state index in [1.807, 2.05) is 25.1 Å². The predicted octanol–water partition coefficient (Wildman–Crippen LogP) is 4.47. The van der Waals surface area contributed by atoms with Gasteiger partial charge in [-0.2, -0.15) is 0 Å². The maximum atomic E-state index is 12.4. The molecule has 0 unspecified atom stereocenters. The van der Waals surface area contributed by atoms with Crippen LogP contribution in [0.1, 0.15) is 36.5 Å². The molecule has 3 rings (SSSR count). The highest BCUT2D eigenvalue weighted by atomic mass is 16.1. The van der Waals surface area contributed by atoms with Gasteiger partial charge < -0.3 is 5.32 Å². The minimum absolute atomic E-state index is 0.0942. The lowest BCUT2D eigenvalue weighted by Crippen LogP contribution is -2.28. The summed E-state index contributed by atoms with van der Waals surface area (Å²) in [5.41, 5.74) is 1.39. The van der Waals surface area contributed by atoms with E-state index in [-0.39, 0.29) is 5.91 Å². The zero-order chi connectivity index (χ0) is 16.4. The first-order chi connectivity index (χ1) is 11.1. The number of hydrogen-bond donors (Lipinski definition) is 1. The first-order valence-electron chi connectivity index (χ1n) is 8.17. The summed E-state index contributed by atoms with van der Waals surface area (Å²) in [6.07, 6.45) is 1.05.